The number of aliphatic hydroxyl groups excluding tert-OH is 3. The molecule has 0 aromatic heterocycles. The Balaban J connectivity index is 1.58. The van der Waals surface area contributed by atoms with E-state index in [-0.39, 0.29) is 29.3 Å². The number of Topliss-reactive ketones (excluding diaryl/α,β-unsaturated/α-hetero) is 1. The van der Waals surface area contributed by atoms with Gasteiger partial charge < -0.3 is 34.6 Å². The SMILES string of the molecule is Cc1cc(N=O)c(C(=O)CCc2ccc3c(c2)C(C)CO3)c(OC2(O)COC(CO)[C@H](O)C2O)c1. The van der Waals surface area contributed by atoms with Crippen molar-refractivity contribution < 1.29 is 39.4 Å². The minimum atomic E-state index is -2.43. The van der Waals surface area contributed by atoms with Crippen LogP contribution in [0.15, 0.2) is 35.5 Å². The highest BCUT2D eigenvalue weighted by Crippen LogP contribution is 2.37. The van der Waals surface area contributed by atoms with Gasteiger partial charge in [0.25, 0.3) is 5.79 Å². The summed E-state index contributed by atoms with van der Waals surface area (Å²) in [5, 5.41) is 43.7. The molecule has 10 heteroatoms. The third-order valence-corrected chi connectivity index (χ3v) is 6.47. The lowest BCUT2D eigenvalue weighted by atomic mass is 9.95. The zero-order valence-electron chi connectivity index (χ0n) is 19.5. The Morgan fingerprint density at radius 2 is 2.03 bits per heavy atom. The predicted octanol–water partition coefficient (Wildman–Crippen LogP) is 1.88. The largest absolute Gasteiger partial charge is 0.493 e. The number of benzene rings is 2. The summed E-state index contributed by atoms with van der Waals surface area (Å²) in [4.78, 5) is 24.8. The number of fused-ring (bicyclic) bond motifs is 1. The van der Waals surface area contributed by atoms with Crippen LogP contribution in [0.25, 0.3) is 0 Å². The Morgan fingerprint density at radius 1 is 1.26 bits per heavy atom. The number of rotatable bonds is 8. The summed E-state index contributed by atoms with van der Waals surface area (Å²) in [5.74, 6) is -1.94. The van der Waals surface area contributed by atoms with Crippen LogP contribution in [0.1, 0.15) is 46.3 Å². The van der Waals surface area contributed by atoms with Gasteiger partial charge in [0.15, 0.2) is 5.78 Å². The maximum atomic E-state index is 13.3. The smallest absolute Gasteiger partial charge is 0.260 e. The van der Waals surface area contributed by atoms with Crippen molar-refractivity contribution in [2.45, 2.75) is 56.7 Å². The van der Waals surface area contributed by atoms with Crippen LogP contribution >= 0.6 is 0 Å². The van der Waals surface area contributed by atoms with Crippen molar-refractivity contribution in [1.82, 2.24) is 0 Å². The molecule has 0 amide bonds. The third-order valence-electron chi connectivity index (χ3n) is 6.47. The molecule has 2 aliphatic heterocycles. The first kappa shape index (κ1) is 25.2. The van der Waals surface area contributed by atoms with Gasteiger partial charge in [0, 0.05) is 17.9 Å². The van der Waals surface area contributed by atoms with Crippen LogP contribution in [-0.2, 0) is 11.2 Å². The van der Waals surface area contributed by atoms with Gasteiger partial charge in [-0.25, -0.2) is 0 Å². The van der Waals surface area contributed by atoms with Crippen LogP contribution in [0.4, 0.5) is 5.69 Å². The van der Waals surface area contributed by atoms with Gasteiger partial charge in [-0.05, 0) is 47.8 Å². The average molecular weight is 488 g/mol. The fraction of sp³-hybridized carbons (Fsp3) is 0.480. The van der Waals surface area contributed by atoms with Crippen LogP contribution in [0.2, 0.25) is 0 Å². The summed E-state index contributed by atoms with van der Waals surface area (Å²) in [6, 6.07) is 8.63. The summed E-state index contributed by atoms with van der Waals surface area (Å²) >= 11 is 0. The second kappa shape index (κ2) is 10.00. The Labute approximate surface area is 202 Å². The lowest BCUT2D eigenvalue weighted by molar-refractivity contribution is -0.307. The molecular weight excluding hydrogens is 458 g/mol. The number of nitrogens with zero attached hydrogens (tertiary/aromatic N) is 1. The van der Waals surface area contributed by atoms with E-state index in [1.54, 1.807) is 6.92 Å². The van der Waals surface area contributed by atoms with Gasteiger partial charge in [-0.2, -0.15) is 0 Å². The van der Waals surface area contributed by atoms with Gasteiger partial charge in [0.1, 0.15) is 42.1 Å². The maximum Gasteiger partial charge on any atom is 0.260 e. The van der Waals surface area contributed by atoms with E-state index in [1.807, 2.05) is 18.2 Å². The normalized spacial score (nSPS) is 27.7. The molecule has 0 bridgehead atoms. The topological polar surface area (TPSA) is 155 Å². The van der Waals surface area contributed by atoms with Gasteiger partial charge >= 0.3 is 0 Å². The van der Waals surface area contributed by atoms with Gasteiger partial charge in [-0.15, -0.1) is 4.91 Å². The van der Waals surface area contributed by atoms with E-state index in [9.17, 15) is 30.1 Å². The number of ether oxygens (including phenoxy) is 3. The standard InChI is InChI=1S/C25H29NO9/c1-13-7-17(26-32)22(18(28)5-3-15-4-6-19-16(9-15)14(2)11-33-19)20(8-13)35-25(31)12-34-21(10-27)23(29)24(25)30/h4,6-9,14,21,23-24,27,29-31H,3,5,10-12H2,1-2H3/t14?,21?,23-,24?,25?/m0/s1. The number of nitroso groups, excluding NO2 is 1. The Kier molecular flexibility index (Phi) is 7.20. The zero-order chi connectivity index (χ0) is 25.3. The first-order valence-electron chi connectivity index (χ1n) is 11.4. The van der Waals surface area contributed by atoms with Gasteiger partial charge in [0.05, 0.1) is 18.8 Å². The first-order chi connectivity index (χ1) is 16.7. The molecule has 5 atom stereocenters. The molecule has 2 aromatic carbocycles. The highest BCUT2D eigenvalue weighted by molar-refractivity contribution is 6.03. The molecule has 0 spiro atoms. The second-order valence-corrected chi connectivity index (χ2v) is 9.17. The molecule has 2 aromatic rings. The summed E-state index contributed by atoms with van der Waals surface area (Å²) in [6.07, 6.45) is -4.18. The average Bonchev–Trinajstić information content (AvgIpc) is 3.21. The van der Waals surface area contributed by atoms with Crippen LogP contribution in [0.5, 0.6) is 11.5 Å². The van der Waals surface area contributed by atoms with Crippen molar-refractivity contribution >= 4 is 11.5 Å². The quantitative estimate of drug-likeness (QED) is 0.248. The van der Waals surface area contributed by atoms with Crippen molar-refractivity contribution in [3.63, 3.8) is 0 Å². The fourth-order valence-electron chi connectivity index (χ4n) is 4.45. The molecule has 0 saturated carbocycles. The molecule has 4 N–H and O–H groups in total. The molecule has 2 aliphatic rings. The number of carbonyl (C=O) groups excluding carboxylic acids is 1. The lowest BCUT2D eigenvalue weighted by Crippen LogP contribution is -2.64. The predicted molar refractivity (Wildman–Crippen MR) is 124 cm³/mol. The summed E-state index contributed by atoms with van der Waals surface area (Å²) in [7, 11) is 0. The zero-order valence-corrected chi connectivity index (χ0v) is 19.5. The van der Waals surface area contributed by atoms with Crippen molar-refractivity contribution in [3.05, 3.63) is 57.5 Å². The first-order valence-corrected chi connectivity index (χ1v) is 11.4. The number of aliphatic hydroxyl groups is 4. The number of hydrogen-bond acceptors (Lipinski definition) is 10. The molecule has 188 valence electrons. The maximum absolute atomic E-state index is 13.3. The van der Waals surface area contributed by atoms with Crippen LogP contribution in [-0.4, -0.2) is 70.1 Å². The minimum Gasteiger partial charge on any atom is -0.493 e. The van der Waals surface area contributed by atoms with E-state index in [0.29, 0.717) is 18.6 Å². The molecular formula is C25H29NO9. The van der Waals surface area contributed by atoms with Crippen molar-refractivity contribution in [2.75, 3.05) is 19.8 Å². The fourth-order valence-corrected chi connectivity index (χ4v) is 4.45. The van der Waals surface area contributed by atoms with Crippen molar-refractivity contribution in [2.24, 2.45) is 5.18 Å². The van der Waals surface area contributed by atoms with E-state index < -0.39 is 43.1 Å². The Morgan fingerprint density at radius 3 is 2.74 bits per heavy atom. The molecule has 35 heavy (non-hydrogen) atoms. The highest BCUT2D eigenvalue weighted by Gasteiger charge is 2.51. The molecule has 0 aliphatic carbocycles. The van der Waals surface area contributed by atoms with E-state index in [2.05, 4.69) is 12.1 Å². The molecule has 4 rings (SSSR count). The van der Waals surface area contributed by atoms with Crippen molar-refractivity contribution in [3.8, 4) is 11.5 Å². The molecule has 10 nitrogen and oxygen atoms in total. The monoisotopic (exact) mass is 487 g/mol. The van der Waals surface area contributed by atoms with Crippen molar-refractivity contribution in [1.29, 1.82) is 0 Å². The molecule has 0 radical (unpaired) electrons. The van der Waals surface area contributed by atoms with E-state index in [1.165, 1.54) is 12.1 Å². The summed E-state index contributed by atoms with van der Waals surface area (Å²) in [6.45, 7) is 3.17. The lowest BCUT2D eigenvalue weighted by Gasteiger charge is -2.42. The Hall–Kier alpha value is -2.89. The van der Waals surface area contributed by atoms with Gasteiger partial charge in [-0.3, -0.25) is 4.79 Å². The molecule has 4 unspecified atom stereocenters. The Bertz CT molecular complexity index is 1120. The second-order valence-electron chi connectivity index (χ2n) is 9.17. The molecule has 1 saturated heterocycles. The summed E-state index contributed by atoms with van der Waals surface area (Å²) < 4.78 is 16.5. The number of ketones is 1. The molecule has 1 fully saturated rings. The third kappa shape index (κ3) is 4.93. The van der Waals surface area contributed by atoms with E-state index in [0.717, 1.165) is 16.9 Å². The van der Waals surface area contributed by atoms with Crippen LogP contribution < -0.4 is 9.47 Å². The number of aryl methyl sites for hydroxylation is 2. The van der Waals surface area contributed by atoms with Gasteiger partial charge in [0.2, 0.25) is 0 Å². The highest BCUT2D eigenvalue weighted by atomic mass is 16.7. The number of carbonyl (C=O) groups is 1. The summed E-state index contributed by atoms with van der Waals surface area (Å²) in [5.41, 5.74) is 2.24. The minimum absolute atomic E-state index is 0.0304. The van der Waals surface area contributed by atoms with Gasteiger partial charge in [-0.1, -0.05) is 19.1 Å². The molecule has 2 heterocycles. The van der Waals surface area contributed by atoms with E-state index in [4.69, 9.17) is 14.2 Å². The number of hydrogen-bond donors (Lipinski definition) is 4. The van der Waals surface area contributed by atoms with Crippen LogP contribution in [0.3, 0.4) is 0 Å². The van der Waals surface area contributed by atoms with E-state index >= 15 is 0 Å². The van der Waals surface area contributed by atoms with Crippen LogP contribution in [0, 0.1) is 11.8 Å².